The first-order valence-electron chi connectivity index (χ1n) is 5.73. The summed E-state index contributed by atoms with van der Waals surface area (Å²) < 4.78 is 9.40. The predicted molar refractivity (Wildman–Crippen MR) is 61.5 cm³/mol. The van der Waals surface area contributed by atoms with Crippen molar-refractivity contribution in [3.05, 3.63) is 0 Å². The van der Waals surface area contributed by atoms with Crippen LogP contribution in [-0.4, -0.2) is 75.2 Å². The number of rotatable bonds is 5. The molecule has 17 heavy (non-hydrogen) atoms. The van der Waals surface area contributed by atoms with Gasteiger partial charge >= 0.3 is 5.97 Å². The van der Waals surface area contributed by atoms with Crippen LogP contribution in [0.3, 0.4) is 0 Å². The second-order valence-electron chi connectivity index (χ2n) is 3.98. The fourth-order valence-corrected chi connectivity index (χ4v) is 1.79. The Labute approximate surface area is 101 Å². The number of carbonyl (C=O) groups is 2. The number of hydrogen-bond acceptors (Lipinski definition) is 5. The Morgan fingerprint density at radius 3 is 2.29 bits per heavy atom. The number of amides is 1. The molecule has 1 rings (SSSR count). The zero-order valence-corrected chi connectivity index (χ0v) is 10.5. The highest BCUT2D eigenvalue weighted by molar-refractivity contribution is 5.77. The highest BCUT2D eigenvalue weighted by atomic mass is 16.5. The summed E-state index contributed by atoms with van der Waals surface area (Å²) >= 11 is 0. The molecular weight excluding hydrogens is 224 g/mol. The third-order valence-electron chi connectivity index (χ3n) is 2.85. The first-order chi connectivity index (χ1) is 8.17. The third kappa shape index (κ3) is 4.70. The van der Waals surface area contributed by atoms with E-state index in [1.165, 1.54) is 14.2 Å². The summed E-state index contributed by atoms with van der Waals surface area (Å²) in [7, 11) is 2.91. The minimum absolute atomic E-state index is 0.0279. The number of nitrogens with zero attached hydrogens (tertiary/aromatic N) is 2. The van der Waals surface area contributed by atoms with Gasteiger partial charge in [0.05, 0.1) is 13.5 Å². The molecule has 0 N–H and O–H groups in total. The van der Waals surface area contributed by atoms with E-state index in [1.54, 1.807) is 4.90 Å². The van der Waals surface area contributed by atoms with Crippen LogP contribution in [-0.2, 0) is 19.1 Å². The Kier molecular flexibility index (Phi) is 5.93. The van der Waals surface area contributed by atoms with Crippen molar-refractivity contribution in [1.29, 1.82) is 0 Å². The van der Waals surface area contributed by atoms with Crippen LogP contribution in [0.15, 0.2) is 0 Å². The van der Waals surface area contributed by atoms with Crippen LogP contribution >= 0.6 is 0 Å². The van der Waals surface area contributed by atoms with Crippen LogP contribution in [0.1, 0.15) is 6.42 Å². The minimum atomic E-state index is -0.192. The van der Waals surface area contributed by atoms with Gasteiger partial charge in [0.1, 0.15) is 6.61 Å². The number of ether oxygens (including phenoxy) is 2. The van der Waals surface area contributed by atoms with Crippen LogP contribution in [0.5, 0.6) is 0 Å². The molecule has 6 nitrogen and oxygen atoms in total. The molecule has 0 aliphatic carbocycles. The van der Waals surface area contributed by atoms with Gasteiger partial charge in [-0.05, 0) is 0 Å². The molecule has 0 radical (unpaired) electrons. The van der Waals surface area contributed by atoms with Crippen LogP contribution in [0.25, 0.3) is 0 Å². The lowest BCUT2D eigenvalue weighted by Crippen LogP contribution is -2.49. The molecule has 1 saturated heterocycles. The van der Waals surface area contributed by atoms with Gasteiger partial charge in [0.25, 0.3) is 0 Å². The lowest BCUT2D eigenvalue weighted by atomic mass is 10.3. The van der Waals surface area contributed by atoms with Gasteiger partial charge in [0, 0.05) is 39.8 Å². The molecule has 0 unspecified atom stereocenters. The lowest BCUT2D eigenvalue weighted by molar-refractivity contribution is -0.142. The van der Waals surface area contributed by atoms with Crippen LogP contribution in [0.2, 0.25) is 0 Å². The van der Waals surface area contributed by atoms with E-state index in [-0.39, 0.29) is 18.5 Å². The van der Waals surface area contributed by atoms with Gasteiger partial charge in [-0.3, -0.25) is 14.5 Å². The normalized spacial score (nSPS) is 16.9. The zero-order valence-electron chi connectivity index (χ0n) is 10.5. The summed E-state index contributed by atoms with van der Waals surface area (Å²) in [5.74, 6) is -0.164. The maximum absolute atomic E-state index is 11.5. The molecule has 6 heteroatoms. The zero-order chi connectivity index (χ0) is 12.7. The van der Waals surface area contributed by atoms with Gasteiger partial charge in [-0.1, -0.05) is 0 Å². The Bertz CT molecular complexity index is 262. The van der Waals surface area contributed by atoms with Crippen molar-refractivity contribution in [2.24, 2.45) is 0 Å². The molecule has 0 aromatic heterocycles. The second-order valence-corrected chi connectivity index (χ2v) is 3.98. The Balaban J connectivity index is 2.21. The van der Waals surface area contributed by atoms with E-state index < -0.39 is 0 Å². The van der Waals surface area contributed by atoms with Gasteiger partial charge in [-0.15, -0.1) is 0 Å². The largest absolute Gasteiger partial charge is 0.469 e. The molecule has 1 heterocycles. The van der Waals surface area contributed by atoms with E-state index in [4.69, 9.17) is 4.74 Å². The maximum Gasteiger partial charge on any atom is 0.306 e. The molecule has 1 aliphatic heterocycles. The third-order valence-corrected chi connectivity index (χ3v) is 2.85. The molecule has 0 bridgehead atoms. The number of hydrogen-bond donors (Lipinski definition) is 0. The summed E-state index contributed by atoms with van der Waals surface area (Å²) in [5, 5.41) is 0. The summed E-state index contributed by atoms with van der Waals surface area (Å²) in [6, 6.07) is 0. The van der Waals surface area contributed by atoms with Crippen molar-refractivity contribution >= 4 is 11.9 Å². The number of piperazine rings is 1. The highest BCUT2D eigenvalue weighted by Gasteiger charge is 2.20. The first-order valence-corrected chi connectivity index (χ1v) is 5.73. The summed E-state index contributed by atoms with van der Waals surface area (Å²) in [6.07, 6.45) is 0.405. The van der Waals surface area contributed by atoms with Crippen molar-refractivity contribution in [2.75, 3.05) is 53.6 Å². The number of methoxy groups -OCH3 is 2. The molecule has 1 amide bonds. The molecule has 98 valence electrons. The molecule has 0 spiro atoms. The molecule has 0 atom stereocenters. The van der Waals surface area contributed by atoms with Crippen molar-refractivity contribution in [1.82, 2.24) is 9.80 Å². The molecule has 0 aromatic carbocycles. The van der Waals surface area contributed by atoms with Crippen LogP contribution in [0, 0.1) is 0 Å². The average Bonchev–Trinajstić information content (AvgIpc) is 2.36. The molecule has 0 aromatic rings. The van der Waals surface area contributed by atoms with E-state index >= 15 is 0 Å². The fourth-order valence-electron chi connectivity index (χ4n) is 1.79. The van der Waals surface area contributed by atoms with E-state index in [2.05, 4.69) is 9.64 Å². The van der Waals surface area contributed by atoms with Gasteiger partial charge in [0.2, 0.25) is 5.91 Å². The fraction of sp³-hybridized carbons (Fsp3) is 0.818. The minimum Gasteiger partial charge on any atom is -0.469 e. The Morgan fingerprint density at radius 2 is 1.76 bits per heavy atom. The maximum atomic E-state index is 11.5. The van der Waals surface area contributed by atoms with Crippen molar-refractivity contribution in [3.63, 3.8) is 0 Å². The summed E-state index contributed by atoms with van der Waals surface area (Å²) in [6.45, 7) is 3.83. The van der Waals surface area contributed by atoms with E-state index in [0.29, 0.717) is 26.1 Å². The Morgan fingerprint density at radius 1 is 1.12 bits per heavy atom. The van der Waals surface area contributed by atoms with Crippen molar-refractivity contribution < 1.29 is 19.1 Å². The molecule has 1 aliphatic rings. The van der Waals surface area contributed by atoms with E-state index in [1.807, 2.05) is 0 Å². The van der Waals surface area contributed by atoms with Crippen LogP contribution < -0.4 is 0 Å². The topological polar surface area (TPSA) is 59.1 Å². The van der Waals surface area contributed by atoms with Crippen molar-refractivity contribution in [2.45, 2.75) is 6.42 Å². The summed E-state index contributed by atoms with van der Waals surface area (Å²) in [4.78, 5) is 26.5. The smallest absolute Gasteiger partial charge is 0.306 e. The molecule has 0 saturated carbocycles. The quantitative estimate of drug-likeness (QED) is 0.601. The predicted octanol–water partition coefficient (Wildman–Crippen LogP) is -0.660. The van der Waals surface area contributed by atoms with Gasteiger partial charge < -0.3 is 14.4 Å². The summed E-state index contributed by atoms with van der Waals surface area (Å²) in [5.41, 5.74) is 0. The first kappa shape index (κ1) is 13.9. The average molecular weight is 244 g/mol. The highest BCUT2D eigenvalue weighted by Crippen LogP contribution is 2.03. The van der Waals surface area contributed by atoms with Gasteiger partial charge in [-0.25, -0.2) is 0 Å². The monoisotopic (exact) mass is 244 g/mol. The SMILES string of the molecule is COCC(=O)N1CCN(CCC(=O)OC)CC1. The van der Waals surface area contributed by atoms with Crippen LogP contribution in [0.4, 0.5) is 0 Å². The number of esters is 1. The van der Waals surface area contributed by atoms with Crippen molar-refractivity contribution in [3.8, 4) is 0 Å². The molecule has 1 fully saturated rings. The van der Waals surface area contributed by atoms with Gasteiger partial charge in [0.15, 0.2) is 0 Å². The Hall–Kier alpha value is -1.14. The number of carbonyl (C=O) groups excluding carboxylic acids is 2. The lowest BCUT2D eigenvalue weighted by Gasteiger charge is -2.34. The van der Waals surface area contributed by atoms with Gasteiger partial charge in [-0.2, -0.15) is 0 Å². The molecular formula is C11H20N2O4. The standard InChI is InChI=1S/C11H20N2O4/c1-16-9-10(14)13-7-5-12(6-8-13)4-3-11(15)17-2/h3-9H2,1-2H3. The van der Waals surface area contributed by atoms with E-state index in [0.717, 1.165) is 13.1 Å². The second kappa shape index (κ2) is 7.24. The van der Waals surface area contributed by atoms with E-state index in [9.17, 15) is 9.59 Å².